The number of thioether (sulfide) groups is 1. The summed E-state index contributed by atoms with van der Waals surface area (Å²) in [6.07, 6.45) is 0. The van der Waals surface area contributed by atoms with Crippen molar-refractivity contribution in [1.82, 2.24) is 15.2 Å². The average Bonchev–Trinajstić information content (AvgIpc) is 3.03. The molecular weight excluding hydrogens is 459 g/mol. The Morgan fingerprint density at radius 2 is 1.93 bits per heavy atom. The number of halogens is 6. The summed E-state index contributed by atoms with van der Waals surface area (Å²) in [6, 6.07) is 7.91. The van der Waals surface area contributed by atoms with Gasteiger partial charge >= 0.3 is 5.51 Å². The van der Waals surface area contributed by atoms with Gasteiger partial charge in [-0.1, -0.05) is 29.3 Å². The molecule has 152 valence electrons. The van der Waals surface area contributed by atoms with Gasteiger partial charge in [0.25, 0.3) is 5.91 Å². The van der Waals surface area contributed by atoms with E-state index in [1.54, 1.807) is 0 Å². The number of nitrogens with one attached hydrogen (secondary N) is 2. The number of aromatic amines is 1. The van der Waals surface area contributed by atoms with E-state index >= 15 is 0 Å². The van der Waals surface area contributed by atoms with Crippen LogP contribution in [0.4, 0.5) is 23.5 Å². The number of hydrogen-bond donors (Lipinski definition) is 2. The van der Waals surface area contributed by atoms with Gasteiger partial charge in [-0.05, 0) is 24.3 Å². The predicted molar refractivity (Wildman–Crippen MR) is 99.2 cm³/mol. The van der Waals surface area contributed by atoms with E-state index in [9.17, 15) is 22.4 Å². The van der Waals surface area contributed by atoms with Gasteiger partial charge in [-0.3, -0.25) is 10.1 Å². The zero-order chi connectivity index (χ0) is 21.2. The SMILES string of the molecule is O=C(Nc1nc(SC(F)(F)F)n[nH]1)c1c(Cl)cccc1Oc1ccc(F)c(Cl)c1. The lowest BCUT2D eigenvalue weighted by Crippen LogP contribution is -2.14. The standard InChI is InChI=1S/C16H8Cl2F4N4O2S/c17-8-2-1-3-11(28-7-4-5-10(19)9(18)6-7)12(8)13(27)23-14-24-15(26-25-14)29-16(20,21)22/h1-6H,(H2,23,24,25,26,27). The number of carbonyl (C=O) groups excluding carboxylic acids is 1. The Morgan fingerprint density at radius 3 is 2.62 bits per heavy atom. The summed E-state index contributed by atoms with van der Waals surface area (Å²) in [5.74, 6) is -1.66. The molecule has 0 saturated heterocycles. The summed E-state index contributed by atoms with van der Waals surface area (Å²) in [5.41, 5.74) is -4.71. The molecule has 2 N–H and O–H groups in total. The highest BCUT2D eigenvalue weighted by molar-refractivity contribution is 8.00. The molecule has 0 aliphatic rings. The van der Waals surface area contributed by atoms with Crippen LogP contribution < -0.4 is 10.1 Å². The van der Waals surface area contributed by atoms with Gasteiger partial charge in [0.2, 0.25) is 11.1 Å². The van der Waals surface area contributed by atoms with Crippen LogP contribution in [0.25, 0.3) is 0 Å². The molecule has 0 fully saturated rings. The number of nitrogens with zero attached hydrogens (tertiary/aromatic N) is 2. The maximum atomic E-state index is 13.3. The van der Waals surface area contributed by atoms with Gasteiger partial charge in [0, 0.05) is 17.8 Å². The summed E-state index contributed by atoms with van der Waals surface area (Å²) < 4.78 is 55.9. The molecule has 13 heteroatoms. The molecule has 0 bridgehead atoms. The lowest BCUT2D eigenvalue weighted by molar-refractivity contribution is -0.0330. The van der Waals surface area contributed by atoms with Crippen LogP contribution in [0, 0.1) is 5.82 Å². The zero-order valence-corrected chi connectivity index (χ0v) is 16.2. The Balaban J connectivity index is 1.82. The number of carbonyl (C=O) groups is 1. The maximum Gasteiger partial charge on any atom is 0.449 e. The summed E-state index contributed by atoms with van der Waals surface area (Å²) in [4.78, 5) is 16.1. The fraction of sp³-hybridized carbons (Fsp3) is 0.0625. The number of rotatable bonds is 5. The zero-order valence-electron chi connectivity index (χ0n) is 13.9. The number of H-pyrrole nitrogens is 1. The number of amides is 1. The van der Waals surface area contributed by atoms with Gasteiger partial charge in [-0.15, -0.1) is 5.10 Å². The fourth-order valence-electron chi connectivity index (χ4n) is 2.10. The third-order valence-electron chi connectivity index (χ3n) is 3.23. The molecule has 2 aromatic carbocycles. The second-order valence-electron chi connectivity index (χ2n) is 5.26. The van der Waals surface area contributed by atoms with Crippen LogP contribution in [0.3, 0.4) is 0 Å². The number of anilines is 1. The molecule has 1 heterocycles. The number of alkyl halides is 3. The van der Waals surface area contributed by atoms with Crippen LogP contribution >= 0.6 is 35.0 Å². The molecule has 6 nitrogen and oxygen atoms in total. The van der Waals surface area contributed by atoms with Gasteiger partial charge in [-0.2, -0.15) is 18.2 Å². The number of ether oxygens (including phenoxy) is 1. The first-order valence-electron chi connectivity index (χ1n) is 7.53. The van der Waals surface area contributed by atoms with Crippen LogP contribution in [-0.4, -0.2) is 26.6 Å². The monoisotopic (exact) mass is 466 g/mol. The van der Waals surface area contributed by atoms with E-state index < -0.39 is 34.2 Å². The van der Waals surface area contributed by atoms with Gasteiger partial charge in [0.15, 0.2) is 0 Å². The topological polar surface area (TPSA) is 79.9 Å². The largest absolute Gasteiger partial charge is 0.456 e. The van der Waals surface area contributed by atoms with Crippen LogP contribution in [-0.2, 0) is 0 Å². The predicted octanol–water partition coefficient (Wildman–Crippen LogP) is 5.91. The van der Waals surface area contributed by atoms with Crippen molar-refractivity contribution >= 4 is 46.8 Å². The van der Waals surface area contributed by atoms with Crippen molar-refractivity contribution in [3.8, 4) is 11.5 Å². The molecule has 29 heavy (non-hydrogen) atoms. The van der Waals surface area contributed by atoms with Gasteiger partial charge in [-0.25, -0.2) is 9.49 Å². The van der Waals surface area contributed by atoms with Crippen LogP contribution in [0.1, 0.15) is 10.4 Å². The first-order valence-corrected chi connectivity index (χ1v) is 9.10. The Kier molecular flexibility index (Phi) is 6.20. The Morgan fingerprint density at radius 1 is 1.17 bits per heavy atom. The minimum absolute atomic E-state index is 0.00193. The molecule has 0 spiro atoms. The Bertz CT molecular complexity index is 1060. The van der Waals surface area contributed by atoms with E-state index in [1.165, 1.54) is 30.3 Å². The van der Waals surface area contributed by atoms with Crippen molar-refractivity contribution < 1.29 is 27.1 Å². The van der Waals surface area contributed by atoms with E-state index in [4.69, 9.17) is 27.9 Å². The third kappa shape index (κ3) is 5.52. The fourth-order valence-corrected chi connectivity index (χ4v) is 2.96. The quantitative estimate of drug-likeness (QED) is 0.361. The highest BCUT2D eigenvalue weighted by Crippen LogP contribution is 2.35. The normalized spacial score (nSPS) is 11.4. The van der Waals surface area contributed by atoms with E-state index in [0.29, 0.717) is 0 Å². The minimum atomic E-state index is -4.58. The number of aromatic nitrogens is 3. The Hall–Kier alpha value is -2.50. The van der Waals surface area contributed by atoms with Crippen molar-refractivity contribution in [2.24, 2.45) is 0 Å². The lowest BCUT2D eigenvalue weighted by atomic mass is 10.2. The molecule has 0 aliphatic carbocycles. The highest BCUT2D eigenvalue weighted by atomic mass is 35.5. The molecule has 1 amide bonds. The lowest BCUT2D eigenvalue weighted by Gasteiger charge is -2.12. The second kappa shape index (κ2) is 8.47. The third-order valence-corrected chi connectivity index (χ3v) is 4.43. The molecule has 3 rings (SSSR count). The van der Waals surface area contributed by atoms with Crippen LogP contribution in [0.5, 0.6) is 11.5 Å². The van der Waals surface area contributed by atoms with Crippen LogP contribution in [0.2, 0.25) is 10.0 Å². The summed E-state index contributed by atoms with van der Waals surface area (Å²) in [5, 5.41) is 6.97. The van der Waals surface area contributed by atoms with Crippen molar-refractivity contribution in [3.63, 3.8) is 0 Å². The molecule has 1 aromatic heterocycles. The summed E-state index contributed by atoms with van der Waals surface area (Å²) >= 11 is 11.2. The van der Waals surface area contributed by atoms with Crippen molar-refractivity contribution in [2.75, 3.05) is 5.32 Å². The minimum Gasteiger partial charge on any atom is -0.456 e. The summed E-state index contributed by atoms with van der Waals surface area (Å²) in [7, 11) is 0. The first-order chi connectivity index (χ1) is 13.6. The Labute approximate surface area is 174 Å². The number of benzene rings is 2. The number of hydrogen-bond acceptors (Lipinski definition) is 5. The smallest absolute Gasteiger partial charge is 0.449 e. The molecule has 0 radical (unpaired) electrons. The molecule has 0 saturated carbocycles. The molecular formula is C16H8Cl2F4N4O2S. The van der Waals surface area contributed by atoms with Crippen LogP contribution in [0.15, 0.2) is 41.6 Å². The van der Waals surface area contributed by atoms with Crippen molar-refractivity contribution in [2.45, 2.75) is 10.7 Å². The molecule has 0 unspecified atom stereocenters. The summed E-state index contributed by atoms with van der Waals surface area (Å²) in [6.45, 7) is 0. The van der Waals surface area contributed by atoms with E-state index in [0.717, 1.165) is 6.07 Å². The van der Waals surface area contributed by atoms with Gasteiger partial charge < -0.3 is 4.74 Å². The van der Waals surface area contributed by atoms with E-state index in [1.807, 2.05) is 0 Å². The maximum absolute atomic E-state index is 13.3. The molecule has 0 aliphatic heterocycles. The molecule has 3 aromatic rings. The average molecular weight is 467 g/mol. The van der Waals surface area contributed by atoms with Crippen molar-refractivity contribution in [1.29, 1.82) is 0 Å². The highest BCUT2D eigenvalue weighted by Gasteiger charge is 2.32. The van der Waals surface area contributed by atoms with E-state index in [2.05, 4.69) is 20.5 Å². The van der Waals surface area contributed by atoms with Gasteiger partial charge in [0.1, 0.15) is 22.9 Å². The molecule has 0 atom stereocenters. The first kappa shape index (κ1) is 21.2. The second-order valence-corrected chi connectivity index (χ2v) is 7.11. The van der Waals surface area contributed by atoms with E-state index in [-0.39, 0.29) is 33.1 Å². The van der Waals surface area contributed by atoms with Crippen molar-refractivity contribution in [3.05, 3.63) is 57.8 Å². The van der Waals surface area contributed by atoms with Gasteiger partial charge in [0.05, 0.1) is 10.0 Å².